The van der Waals surface area contributed by atoms with Gasteiger partial charge in [-0.15, -0.1) is 11.3 Å². The van der Waals surface area contributed by atoms with Gasteiger partial charge in [-0.05, 0) is 30.4 Å². The molecule has 3 rings (SSSR count). The topological polar surface area (TPSA) is 95.0 Å². The van der Waals surface area contributed by atoms with Crippen molar-refractivity contribution in [2.24, 2.45) is 12.8 Å². The van der Waals surface area contributed by atoms with Crippen molar-refractivity contribution in [2.75, 3.05) is 5.75 Å². The first-order valence-electron chi connectivity index (χ1n) is 7.06. The van der Waals surface area contributed by atoms with E-state index in [4.69, 9.17) is 5.73 Å². The lowest BCUT2D eigenvalue weighted by Gasteiger charge is -2.16. The van der Waals surface area contributed by atoms with E-state index in [9.17, 15) is 13.2 Å². The molecular weight excluding hydrogens is 322 g/mol. The number of carbonyl (C=O) groups is 1. The summed E-state index contributed by atoms with van der Waals surface area (Å²) in [5.41, 5.74) is 8.64. The minimum Gasteiger partial charge on any atom is -0.365 e. The van der Waals surface area contributed by atoms with Crippen LogP contribution >= 0.6 is 11.3 Å². The minimum absolute atomic E-state index is 0.0609. The van der Waals surface area contributed by atoms with E-state index in [1.165, 1.54) is 0 Å². The number of hydrogen-bond donors (Lipinski definition) is 1. The summed E-state index contributed by atoms with van der Waals surface area (Å²) in [6.07, 6.45) is 3.64. The van der Waals surface area contributed by atoms with Crippen LogP contribution in [-0.2, 0) is 29.7 Å². The standard InChI is InChI=1S/C14H17N3O3S2/c1-3-6-22(19,20)14-10-9(12(21-14)13(15)18)5-4-8-7-16-17(2)11(8)10/h7H,3-6H2,1-2H3,(H2,15,18). The lowest BCUT2D eigenvalue weighted by molar-refractivity contribution is 0.100. The molecule has 0 saturated heterocycles. The maximum Gasteiger partial charge on any atom is 0.259 e. The number of sulfone groups is 1. The predicted octanol–water partition coefficient (Wildman–Crippen LogP) is 1.53. The number of carbonyl (C=O) groups excluding carboxylic acids is 1. The zero-order valence-corrected chi connectivity index (χ0v) is 14.1. The molecule has 0 unspecified atom stereocenters. The number of nitrogens with zero attached hydrogens (tertiary/aromatic N) is 2. The first-order valence-corrected chi connectivity index (χ1v) is 9.53. The van der Waals surface area contributed by atoms with Crippen molar-refractivity contribution in [1.29, 1.82) is 0 Å². The molecule has 0 fully saturated rings. The van der Waals surface area contributed by atoms with Crippen LogP contribution in [0.3, 0.4) is 0 Å². The quantitative estimate of drug-likeness (QED) is 0.914. The Kier molecular flexibility index (Phi) is 3.60. The Morgan fingerprint density at radius 3 is 2.82 bits per heavy atom. The van der Waals surface area contributed by atoms with Crippen molar-refractivity contribution >= 4 is 27.1 Å². The molecule has 0 spiro atoms. The molecule has 1 amide bonds. The van der Waals surface area contributed by atoms with Gasteiger partial charge in [0, 0.05) is 12.6 Å². The summed E-state index contributed by atoms with van der Waals surface area (Å²) in [5.74, 6) is -0.504. The molecule has 2 heterocycles. The number of fused-ring (bicyclic) bond motifs is 3. The third-order valence-corrected chi connectivity index (χ3v) is 7.62. The fourth-order valence-electron chi connectivity index (χ4n) is 2.95. The van der Waals surface area contributed by atoms with E-state index >= 15 is 0 Å². The maximum absolute atomic E-state index is 12.6. The van der Waals surface area contributed by atoms with Crippen LogP contribution in [0.1, 0.15) is 34.1 Å². The Balaban J connectivity index is 2.35. The number of primary amides is 1. The highest BCUT2D eigenvalue weighted by molar-refractivity contribution is 7.93. The lowest BCUT2D eigenvalue weighted by atomic mass is 9.92. The van der Waals surface area contributed by atoms with E-state index in [2.05, 4.69) is 5.10 Å². The molecule has 0 radical (unpaired) electrons. The van der Waals surface area contributed by atoms with Crippen LogP contribution in [0.25, 0.3) is 11.3 Å². The van der Waals surface area contributed by atoms with Gasteiger partial charge in [0.15, 0.2) is 9.84 Å². The number of amides is 1. The predicted molar refractivity (Wildman–Crippen MR) is 84.8 cm³/mol. The second kappa shape index (κ2) is 5.20. The number of hydrogen-bond acceptors (Lipinski definition) is 5. The van der Waals surface area contributed by atoms with Crippen LogP contribution in [0, 0.1) is 0 Å². The first kappa shape index (κ1) is 15.2. The van der Waals surface area contributed by atoms with Gasteiger partial charge in [0.25, 0.3) is 5.91 Å². The van der Waals surface area contributed by atoms with Gasteiger partial charge in [-0.2, -0.15) is 5.10 Å². The normalized spacial score (nSPS) is 13.7. The Labute approximate surface area is 132 Å². The number of nitrogens with two attached hydrogens (primary N) is 1. The van der Waals surface area contributed by atoms with E-state index < -0.39 is 15.7 Å². The molecule has 0 atom stereocenters. The average Bonchev–Trinajstić information content (AvgIpc) is 2.99. The Hall–Kier alpha value is -1.67. The van der Waals surface area contributed by atoms with Gasteiger partial charge in [-0.25, -0.2) is 8.42 Å². The number of aryl methyl sites for hydroxylation is 2. The highest BCUT2D eigenvalue weighted by Gasteiger charge is 2.34. The van der Waals surface area contributed by atoms with Crippen molar-refractivity contribution in [3.63, 3.8) is 0 Å². The van der Waals surface area contributed by atoms with Crippen LogP contribution < -0.4 is 5.73 Å². The molecular formula is C14H17N3O3S2. The van der Waals surface area contributed by atoms with E-state index in [0.29, 0.717) is 23.3 Å². The van der Waals surface area contributed by atoms with Crippen LogP contribution in [0.15, 0.2) is 10.4 Å². The highest BCUT2D eigenvalue weighted by atomic mass is 32.2. The zero-order chi connectivity index (χ0) is 16.1. The van der Waals surface area contributed by atoms with Crippen LogP contribution in [-0.4, -0.2) is 29.9 Å². The molecule has 2 aromatic rings. The fraction of sp³-hybridized carbons (Fsp3) is 0.429. The highest BCUT2D eigenvalue weighted by Crippen LogP contribution is 2.44. The Morgan fingerprint density at radius 2 is 2.18 bits per heavy atom. The van der Waals surface area contributed by atoms with Gasteiger partial charge in [0.2, 0.25) is 0 Å². The first-order chi connectivity index (χ1) is 10.4. The van der Waals surface area contributed by atoms with Gasteiger partial charge in [-0.1, -0.05) is 6.92 Å². The molecule has 1 aliphatic carbocycles. The van der Waals surface area contributed by atoms with E-state index in [0.717, 1.165) is 34.6 Å². The smallest absolute Gasteiger partial charge is 0.259 e. The number of aromatic nitrogens is 2. The van der Waals surface area contributed by atoms with Gasteiger partial charge in [0.05, 0.1) is 22.5 Å². The van der Waals surface area contributed by atoms with Crippen molar-refractivity contribution in [3.8, 4) is 11.3 Å². The van der Waals surface area contributed by atoms with Crippen LogP contribution in [0.4, 0.5) is 0 Å². The molecule has 1 aliphatic rings. The van der Waals surface area contributed by atoms with Crippen molar-refractivity contribution in [3.05, 3.63) is 22.2 Å². The van der Waals surface area contributed by atoms with Crippen molar-refractivity contribution in [2.45, 2.75) is 30.4 Å². The SMILES string of the molecule is CCCS(=O)(=O)c1sc(C(N)=O)c2c1-c1c(cnn1C)CC2. The second-order valence-corrected chi connectivity index (χ2v) is 8.72. The van der Waals surface area contributed by atoms with Crippen LogP contribution in [0.5, 0.6) is 0 Å². The average molecular weight is 339 g/mol. The molecule has 2 aromatic heterocycles. The van der Waals surface area contributed by atoms with Gasteiger partial charge >= 0.3 is 0 Å². The van der Waals surface area contributed by atoms with Gasteiger partial charge in [-0.3, -0.25) is 9.48 Å². The monoisotopic (exact) mass is 339 g/mol. The summed E-state index contributed by atoms with van der Waals surface area (Å²) >= 11 is 1.00. The van der Waals surface area contributed by atoms with E-state index in [-0.39, 0.29) is 9.96 Å². The Morgan fingerprint density at radius 1 is 1.45 bits per heavy atom. The van der Waals surface area contributed by atoms with Gasteiger partial charge < -0.3 is 5.73 Å². The maximum atomic E-state index is 12.6. The Bertz CT molecular complexity index is 862. The van der Waals surface area contributed by atoms with Crippen LogP contribution in [0.2, 0.25) is 0 Å². The van der Waals surface area contributed by atoms with Crippen molar-refractivity contribution < 1.29 is 13.2 Å². The molecule has 6 nitrogen and oxygen atoms in total. The third kappa shape index (κ3) is 2.17. The molecule has 0 bridgehead atoms. The largest absolute Gasteiger partial charge is 0.365 e. The number of thiophene rings is 1. The second-order valence-electron chi connectivity index (χ2n) is 5.40. The van der Waals surface area contributed by atoms with Crippen molar-refractivity contribution in [1.82, 2.24) is 9.78 Å². The summed E-state index contributed by atoms with van der Waals surface area (Å²) in [4.78, 5) is 12.1. The molecule has 0 aliphatic heterocycles. The lowest BCUT2D eigenvalue weighted by Crippen LogP contribution is -2.14. The summed E-state index contributed by atoms with van der Waals surface area (Å²) < 4.78 is 27.2. The molecule has 118 valence electrons. The van der Waals surface area contributed by atoms with E-state index in [1.807, 2.05) is 6.92 Å². The van der Waals surface area contributed by atoms with E-state index in [1.54, 1.807) is 17.9 Å². The molecule has 2 N–H and O–H groups in total. The summed E-state index contributed by atoms with van der Waals surface area (Å²) in [7, 11) is -1.65. The fourth-order valence-corrected chi connectivity index (χ4v) is 6.14. The molecule has 0 aromatic carbocycles. The molecule has 8 heteroatoms. The molecule has 0 saturated carbocycles. The summed E-state index contributed by atoms with van der Waals surface area (Å²) in [6.45, 7) is 1.82. The third-order valence-electron chi connectivity index (χ3n) is 3.85. The number of rotatable bonds is 4. The minimum atomic E-state index is -3.43. The van der Waals surface area contributed by atoms with Gasteiger partial charge in [0.1, 0.15) is 4.21 Å². The summed E-state index contributed by atoms with van der Waals surface area (Å²) in [5, 5.41) is 4.23. The zero-order valence-electron chi connectivity index (χ0n) is 12.4. The summed E-state index contributed by atoms with van der Waals surface area (Å²) in [6, 6.07) is 0. The molecule has 22 heavy (non-hydrogen) atoms.